The fourth-order valence-corrected chi connectivity index (χ4v) is 4.02. The molecule has 0 aliphatic carbocycles. The van der Waals surface area contributed by atoms with Crippen molar-refractivity contribution in [2.24, 2.45) is 18.9 Å². The SMILES string of the molecule is CC(C)CN1CCC(CC(=O)Nc2cc3nc(-c4cnn(C)c4)ccc3cn2)C1. The Balaban J connectivity index is 1.42. The third-order valence-corrected chi connectivity index (χ3v) is 5.31. The Bertz CT molecular complexity index is 1010. The van der Waals surface area contributed by atoms with Crippen molar-refractivity contribution in [2.75, 3.05) is 25.0 Å². The smallest absolute Gasteiger partial charge is 0.225 e. The number of hydrogen-bond donors (Lipinski definition) is 1. The lowest BCUT2D eigenvalue weighted by molar-refractivity contribution is -0.117. The van der Waals surface area contributed by atoms with E-state index in [4.69, 9.17) is 4.98 Å². The number of amides is 1. The van der Waals surface area contributed by atoms with Crippen LogP contribution in [0.3, 0.4) is 0 Å². The summed E-state index contributed by atoms with van der Waals surface area (Å²) in [5.41, 5.74) is 2.62. The molecule has 4 rings (SSSR count). The van der Waals surface area contributed by atoms with Gasteiger partial charge in [-0.1, -0.05) is 13.8 Å². The van der Waals surface area contributed by atoms with Crippen molar-refractivity contribution in [1.29, 1.82) is 0 Å². The van der Waals surface area contributed by atoms with Gasteiger partial charge in [-0.15, -0.1) is 0 Å². The lowest BCUT2D eigenvalue weighted by Gasteiger charge is -2.18. The highest BCUT2D eigenvalue weighted by Gasteiger charge is 2.25. The number of rotatable bonds is 6. The van der Waals surface area contributed by atoms with Crippen molar-refractivity contribution in [3.63, 3.8) is 0 Å². The lowest BCUT2D eigenvalue weighted by Crippen LogP contribution is -2.26. The van der Waals surface area contributed by atoms with Crippen LogP contribution in [0.25, 0.3) is 22.2 Å². The van der Waals surface area contributed by atoms with Gasteiger partial charge in [0.15, 0.2) is 0 Å². The van der Waals surface area contributed by atoms with E-state index in [1.165, 1.54) is 0 Å². The maximum atomic E-state index is 12.5. The number of anilines is 1. The van der Waals surface area contributed by atoms with E-state index in [1.54, 1.807) is 17.1 Å². The Hall–Kier alpha value is -2.80. The van der Waals surface area contributed by atoms with Gasteiger partial charge in [0.25, 0.3) is 0 Å². The summed E-state index contributed by atoms with van der Waals surface area (Å²) in [6, 6.07) is 5.79. The predicted octanol–water partition coefficient (Wildman–Crippen LogP) is 3.34. The molecule has 1 aliphatic rings. The van der Waals surface area contributed by atoms with Gasteiger partial charge >= 0.3 is 0 Å². The van der Waals surface area contributed by atoms with Crippen molar-refractivity contribution in [1.82, 2.24) is 24.6 Å². The van der Waals surface area contributed by atoms with E-state index in [9.17, 15) is 4.79 Å². The number of likely N-dealkylation sites (tertiary alicyclic amines) is 1. The Kier molecular flexibility index (Phi) is 5.58. The van der Waals surface area contributed by atoms with Gasteiger partial charge in [0, 0.05) is 56.0 Å². The maximum absolute atomic E-state index is 12.5. The number of carbonyl (C=O) groups is 1. The molecule has 0 spiro atoms. The van der Waals surface area contributed by atoms with E-state index in [0.29, 0.717) is 24.1 Å². The van der Waals surface area contributed by atoms with Crippen molar-refractivity contribution >= 4 is 22.6 Å². The highest BCUT2D eigenvalue weighted by Crippen LogP contribution is 2.23. The average Bonchev–Trinajstić information content (AvgIpc) is 3.29. The van der Waals surface area contributed by atoms with E-state index >= 15 is 0 Å². The van der Waals surface area contributed by atoms with Crippen molar-refractivity contribution in [2.45, 2.75) is 26.7 Å². The van der Waals surface area contributed by atoms with Crippen LogP contribution in [-0.2, 0) is 11.8 Å². The maximum Gasteiger partial charge on any atom is 0.225 e. The molecule has 0 radical (unpaired) electrons. The topological polar surface area (TPSA) is 75.9 Å². The highest BCUT2D eigenvalue weighted by atomic mass is 16.1. The van der Waals surface area contributed by atoms with Crippen molar-refractivity contribution in [3.05, 3.63) is 36.8 Å². The Morgan fingerprint density at radius 1 is 1.31 bits per heavy atom. The standard InChI is InChI=1S/C22H28N6O/c1-15(2)12-28-7-6-16(13-28)8-22(29)26-21-9-20-17(10-23-21)4-5-19(25-20)18-11-24-27(3)14-18/h4-5,9-11,14-16H,6-8,12-13H2,1-3H3,(H,23,26,29). The molecule has 0 aromatic carbocycles. The van der Waals surface area contributed by atoms with Gasteiger partial charge < -0.3 is 10.2 Å². The molecule has 0 bridgehead atoms. The number of carbonyl (C=O) groups excluding carboxylic acids is 1. The lowest BCUT2D eigenvalue weighted by atomic mass is 10.0. The van der Waals surface area contributed by atoms with Crippen LogP contribution in [0.5, 0.6) is 0 Å². The summed E-state index contributed by atoms with van der Waals surface area (Å²) >= 11 is 0. The van der Waals surface area contributed by atoms with Gasteiger partial charge in [-0.2, -0.15) is 5.10 Å². The van der Waals surface area contributed by atoms with Crippen LogP contribution in [-0.4, -0.2) is 50.2 Å². The fraction of sp³-hybridized carbons (Fsp3) is 0.455. The molecule has 4 heterocycles. The van der Waals surface area contributed by atoms with Crippen LogP contribution >= 0.6 is 0 Å². The molecule has 1 unspecified atom stereocenters. The van der Waals surface area contributed by atoms with Crippen LogP contribution in [0.15, 0.2) is 36.8 Å². The van der Waals surface area contributed by atoms with E-state index in [-0.39, 0.29) is 5.91 Å². The van der Waals surface area contributed by atoms with E-state index < -0.39 is 0 Å². The summed E-state index contributed by atoms with van der Waals surface area (Å²) in [5, 5.41) is 8.10. The molecule has 7 heteroatoms. The highest BCUT2D eigenvalue weighted by molar-refractivity contribution is 5.92. The monoisotopic (exact) mass is 392 g/mol. The van der Waals surface area contributed by atoms with Gasteiger partial charge in [-0.05, 0) is 36.9 Å². The van der Waals surface area contributed by atoms with Gasteiger partial charge in [0.2, 0.25) is 5.91 Å². The Labute approximate surface area is 171 Å². The van der Waals surface area contributed by atoms with Gasteiger partial charge in [0.1, 0.15) is 5.82 Å². The van der Waals surface area contributed by atoms with Gasteiger partial charge in [0.05, 0.1) is 17.4 Å². The largest absolute Gasteiger partial charge is 0.311 e. The van der Waals surface area contributed by atoms with Crippen LogP contribution < -0.4 is 5.32 Å². The third kappa shape index (κ3) is 4.79. The summed E-state index contributed by atoms with van der Waals surface area (Å²) < 4.78 is 1.75. The molecule has 1 N–H and O–H groups in total. The average molecular weight is 393 g/mol. The second-order valence-electron chi connectivity index (χ2n) is 8.42. The zero-order valence-electron chi connectivity index (χ0n) is 17.3. The zero-order valence-corrected chi connectivity index (χ0v) is 17.3. The minimum atomic E-state index is 0.0247. The first-order valence-corrected chi connectivity index (χ1v) is 10.2. The number of nitrogens with one attached hydrogen (secondary N) is 1. The molecule has 1 saturated heterocycles. The minimum Gasteiger partial charge on any atom is -0.311 e. The number of nitrogens with zero attached hydrogens (tertiary/aromatic N) is 5. The summed E-state index contributed by atoms with van der Waals surface area (Å²) in [5.74, 6) is 1.66. The molecule has 1 aliphatic heterocycles. The predicted molar refractivity (Wildman–Crippen MR) is 114 cm³/mol. The molecular formula is C22H28N6O. The molecule has 3 aromatic rings. The molecular weight excluding hydrogens is 364 g/mol. The first kappa shape index (κ1) is 19.5. The summed E-state index contributed by atoms with van der Waals surface area (Å²) in [6.45, 7) is 7.67. The molecule has 1 atom stereocenters. The molecule has 1 amide bonds. The third-order valence-electron chi connectivity index (χ3n) is 5.31. The molecule has 1 fully saturated rings. The summed E-state index contributed by atoms with van der Waals surface area (Å²) in [4.78, 5) is 24.1. The number of aromatic nitrogens is 4. The number of pyridine rings is 2. The van der Waals surface area contributed by atoms with Crippen LogP contribution in [0.2, 0.25) is 0 Å². The summed E-state index contributed by atoms with van der Waals surface area (Å²) in [7, 11) is 1.88. The second kappa shape index (κ2) is 8.29. The second-order valence-corrected chi connectivity index (χ2v) is 8.42. The normalized spacial score (nSPS) is 17.3. The summed E-state index contributed by atoms with van der Waals surface area (Å²) in [6.07, 6.45) is 7.11. The Morgan fingerprint density at radius 2 is 2.17 bits per heavy atom. The molecule has 7 nitrogen and oxygen atoms in total. The van der Waals surface area contributed by atoms with Crippen molar-refractivity contribution < 1.29 is 4.79 Å². The number of hydrogen-bond acceptors (Lipinski definition) is 5. The van der Waals surface area contributed by atoms with E-state index in [2.05, 4.69) is 34.1 Å². The molecule has 3 aromatic heterocycles. The minimum absolute atomic E-state index is 0.0247. The molecule has 29 heavy (non-hydrogen) atoms. The van der Waals surface area contributed by atoms with E-state index in [1.807, 2.05) is 31.4 Å². The van der Waals surface area contributed by atoms with Crippen LogP contribution in [0, 0.1) is 11.8 Å². The number of fused-ring (bicyclic) bond motifs is 1. The quantitative estimate of drug-likeness (QED) is 0.696. The van der Waals surface area contributed by atoms with Gasteiger partial charge in [-0.3, -0.25) is 9.48 Å². The fourth-order valence-electron chi connectivity index (χ4n) is 4.02. The van der Waals surface area contributed by atoms with Crippen LogP contribution in [0.1, 0.15) is 26.7 Å². The molecule has 152 valence electrons. The first-order valence-electron chi connectivity index (χ1n) is 10.2. The Morgan fingerprint density at radius 3 is 2.93 bits per heavy atom. The number of aryl methyl sites for hydroxylation is 1. The first-order chi connectivity index (χ1) is 14.0. The molecule has 0 saturated carbocycles. The van der Waals surface area contributed by atoms with E-state index in [0.717, 1.165) is 48.2 Å². The van der Waals surface area contributed by atoms with Crippen LogP contribution in [0.4, 0.5) is 5.82 Å². The van der Waals surface area contributed by atoms with Gasteiger partial charge in [-0.25, -0.2) is 9.97 Å². The van der Waals surface area contributed by atoms with Crippen molar-refractivity contribution in [3.8, 4) is 11.3 Å². The zero-order chi connectivity index (χ0) is 20.4.